The minimum Gasteiger partial charge on any atom is -0.0533 e. The van der Waals surface area contributed by atoms with Gasteiger partial charge in [-0.25, -0.2) is 0 Å². The highest BCUT2D eigenvalue weighted by Gasteiger charge is 2.22. The Bertz CT molecular complexity index is 280. The van der Waals surface area contributed by atoms with E-state index in [1.54, 1.807) is 70.6 Å². The van der Waals surface area contributed by atoms with Gasteiger partial charge in [0.1, 0.15) is 0 Å². The van der Waals surface area contributed by atoms with Crippen molar-refractivity contribution >= 4 is 0 Å². The zero-order chi connectivity index (χ0) is 16.5. The topological polar surface area (TPSA) is 0 Å². The molecule has 0 aromatic carbocycles. The first-order valence-corrected chi connectivity index (χ1v) is 11.9. The molecule has 0 spiro atoms. The average Bonchev–Trinajstić information content (AvgIpc) is 2.66. The summed E-state index contributed by atoms with van der Waals surface area (Å²) in [6, 6.07) is 0. The maximum atomic E-state index is 1.60. The Morgan fingerprint density at radius 3 is 1.25 bits per heavy atom. The summed E-state index contributed by atoms with van der Waals surface area (Å²) in [4.78, 5) is 0. The van der Waals surface area contributed by atoms with Crippen LogP contribution in [0.15, 0.2) is 0 Å². The maximum Gasteiger partial charge on any atom is -0.0411 e. The summed E-state index contributed by atoms with van der Waals surface area (Å²) < 4.78 is 0. The van der Waals surface area contributed by atoms with Gasteiger partial charge in [0.05, 0.1) is 0 Å². The van der Waals surface area contributed by atoms with Crippen molar-refractivity contribution in [1.29, 1.82) is 0 Å². The summed E-state index contributed by atoms with van der Waals surface area (Å²) in [5, 5.41) is 0. The summed E-state index contributed by atoms with van der Waals surface area (Å²) in [6.45, 7) is 0. The van der Waals surface area contributed by atoms with Crippen LogP contribution in [0.2, 0.25) is 0 Å². The summed E-state index contributed by atoms with van der Waals surface area (Å²) >= 11 is 0. The van der Waals surface area contributed by atoms with Crippen LogP contribution >= 0.6 is 0 Å². The van der Waals surface area contributed by atoms with E-state index in [4.69, 9.17) is 0 Å². The largest absolute Gasteiger partial charge is 0.0533 e. The van der Waals surface area contributed by atoms with Crippen LogP contribution in [-0.2, 0) is 0 Å². The summed E-state index contributed by atoms with van der Waals surface area (Å²) in [5.74, 6) is 4.38. The third-order valence-electron chi connectivity index (χ3n) is 7.81. The Morgan fingerprint density at radius 2 is 0.833 bits per heavy atom. The minimum atomic E-state index is 1.08. The lowest BCUT2D eigenvalue weighted by atomic mass is 9.76. The molecule has 0 heteroatoms. The lowest BCUT2D eigenvalue weighted by Crippen LogP contribution is -2.16. The van der Waals surface area contributed by atoms with E-state index in [1.165, 1.54) is 57.8 Å². The zero-order valence-corrected chi connectivity index (χ0v) is 16.5. The number of hydrogen-bond acceptors (Lipinski definition) is 0. The predicted octanol–water partition coefficient (Wildman–Crippen LogP) is 8.29. The molecule has 0 nitrogen and oxygen atoms in total. The van der Waals surface area contributed by atoms with Crippen LogP contribution in [0.4, 0.5) is 0 Å². The summed E-state index contributed by atoms with van der Waals surface area (Å²) in [6.07, 6.45) is 31.0. The molecule has 3 aliphatic carbocycles. The van der Waals surface area contributed by atoms with Crippen LogP contribution in [0.3, 0.4) is 0 Å². The van der Waals surface area contributed by atoms with Gasteiger partial charge in [0, 0.05) is 0 Å². The molecular formula is C24H44. The molecule has 0 bridgehead atoms. The van der Waals surface area contributed by atoms with Crippen molar-refractivity contribution in [3.63, 3.8) is 0 Å². The summed E-state index contributed by atoms with van der Waals surface area (Å²) in [5.41, 5.74) is 0. The van der Waals surface area contributed by atoms with Gasteiger partial charge in [-0.3, -0.25) is 0 Å². The number of hydrogen-bond donors (Lipinski definition) is 0. The van der Waals surface area contributed by atoms with Crippen molar-refractivity contribution in [3.8, 4) is 0 Å². The fraction of sp³-hybridized carbons (Fsp3) is 1.00. The molecule has 0 radical (unpaired) electrons. The highest BCUT2D eigenvalue weighted by atomic mass is 14.3. The van der Waals surface area contributed by atoms with Gasteiger partial charge in [-0.2, -0.15) is 0 Å². The third-order valence-corrected chi connectivity index (χ3v) is 7.81. The van der Waals surface area contributed by atoms with Gasteiger partial charge in [0.25, 0.3) is 0 Å². The molecule has 0 N–H and O–H groups in total. The van der Waals surface area contributed by atoms with Crippen LogP contribution < -0.4 is 0 Å². The molecule has 0 aliphatic heterocycles. The molecule has 140 valence electrons. The molecule has 0 saturated heterocycles. The van der Waals surface area contributed by atoms with Crippen LogP contribution in [-0.4, -0.2) is 0 Å². The monoisotopic (exact) mass is 332 g/mol. The Hall–Kier alpha value is 0. The van der Waals surface area contributed by atoms with Crippen molar-refractivity contribution in [2.45, 2.75) is 128 Å². The van der Waals surface area contributed by atoms with E-state index in [1.807, 2.05) is 0 Å². The van der Waals surface area contributed by atoms with E-state index in [-0.39, 0.29) is 0 Å². The van der Waals surface area contributed by atoms with E-state index in [9.17, 15) is 0 Å². The first-order valence-electron chi connectivity index (χ1n) is 11.9. The fourth-order valence-electron chi connectivity index (χ4n) is 6.17. The normalized spacial score (nSPS) is 25.4. The van der Waals surface area contributed by atoms with E-state index in [2.05, 4.69) is 0 Å². The lowest BCUT2D eigenvalue weighted by molar-refractivity contribution is 0.225. The first-order chi connectivity index (χ1) is 11.9. The molecule has 24 heavy (non-hydrogen) atoms. The Labute approximate surface area is 152 Å². The standard InChI is InChI=1S/C24H44/c1-4-10-21(11-5-1)16-18-24(20-23-14-8-3-9-15-23)19-17-22-12-6-2-7-13-22/h21-24H,1-20H2. The van der Waals surface area contributed by atoms with Gasteiger partial charge in [0.15, 0.2) is 0 Å². The number of rotatable bonds is 8. The second kappa shape index (κ2) is 10.9. The molecule has 3 fully saturated rings. The summed E-state index contributed by atoms with van der Waals surface area (Å²) in [7, 11) is 0. The molecule has 0 atom stereocenters. The Kier molecular flexibility index (Phi) is 8.51. The molecule has 3 rings (SSSR count). The Morgan fingerprint density at radius 1 is 0.458 bits per heavy atom. The van der Waals surface area contributed by atoms with Crippen molar-refractivity contribution in [3.05, 3.63) is 0 Å². The zero-order valence-electron chi connectivity index (χ0n) is 16.5. The third kappa shape index (κ3) is 6.72. The highest BCUT2D eigenvalue weighted by Crippen LogP contribution is 2.37. The first kappa shape index (κ1) is 18.8. The SMILES string of the molecule is C1CCC(CCC(CCC2CCCCC2)CC2CCCCC2)CC1. The van der Waals surface area contributed by atoms with Gasteiger partial charge in [0.2, 0.25) is 0 Å². The highest BCUT2D eigenvalue weighted by molar-refractivity contribution is 4.75. The Balaban J connectivity index is 1.42. The molecule has 0 aromatic rings. The maximum absolute atomic E-state index is 1.60. The molecule has 0 unspecified atom stereocenters. The van der Waals surface area contributed by atoms with Gasteiger partial charge in [-0.15, -0.1) is 0 Å². The van der Waals surface area contributed by atoms with E-state index >= 15 is 0 Å². The van der Waals surface area contributed by atoms with E-state index in [0.717, 1.165) is 23.7 Å². The van der Waals surface area contributed by atoms with Gasteiger partial charge < -0.3 is 0 Å². The van der Waals surface area contributed by atoms with Crippen LogP contribution in [0.5, 0.6) is 0 Å². The molecule has 3 aliphatic rings. The predicted molar refractivity (Wildman–Crippen MR) is 106 cm³/mol. The van der Waals surface area contributed by atoms with Crippen LogP contribution in [0.1, 0.15) is 128 Å². The minimum absolute atomic E-state index is 1.08. The van der Waals surface area contributed by atoms with Crippen LogP contribution in [0, 0.1) is 23.7 Å². The molecule has 0 heterocycles. The second-order valence-corrected chi connectivity index (χ2v) is 9.77. The quantitative estimate of drug-likeness (QED) is 0.419. The lowest BCUT2D eigenvalue weighted by Gasteiger charge is -2.30. The molecule has 0 aromatic heterocycles. The van der Waals surface area contributed by atoms with Crippen molar-refractivity contribution in [2.24, 2.45) is 23.7 Å². The van der Waals surface area contributed by atoms with E-state index < -0.39 is 0 Å². The van der Waals surface area contributed by atoms with Gasteiger partial charge in [-0.05, 0) is 30.1 Å². The van der Waals surface area contributed by atoms with Crippen molar-refractivity contribution in [2.75, 3.05) is 0 Å². The van der Waals surface area contributed by atoms with E-state index in [0.29, 0.717) is 0 Å². The van der Waals surface area contributed by atoms with Gasteiger partial charge in [-0.1, -0.05) is 122 Å². The molecular weight excluding hydrogens is 288 g/mol. The van der Waals surface area contributed by atoms with Crippen molar-refractivity contribution < 1.29 is 0 Å². The van der Waals surface area contributed by atoms with Crippen LogP contribution in [0.25, 0.3) is 0 Å². The molecule has 0 amide bonds. The van der Waals surface area contributed by atoms with Crippen molar-refractivity contribution in [1.82, 2.24) is 0 Å². The second-order valence-electron chi connectivity index (χ2n) is 9.77. The molecule has 3 saturated carbocycles. The average molecular weight is 333 g/mol. The fourth-order valence-corrected chi connectivity index (χ4v) is 6.17. The van der Waals surface area contributed by atoms with Gasteiger partial charge >= 0.3 is 0 Å². The smallest absolute Gasteiger partial charge is 0.0411 e.